The first-order chi connectivity index (χ1) is 6.75. The molecule has 0 amide bonds. The second-order valence-electron chi connectivity index (χ2n) is 3.97. The molecule has 1 aromatic rings. The van der Waals surface area contributed by atoms with Gasteiger partial charge in [-0.05, 0) is 31.4 Å². The molecule has 1 saturated carbocycles. The van der Waals surface area contributed by atoms with Gasteiger partial charge in [-0.2, -0.15) is 0 Å². The molecule has 0 spiro atoms. The van der Waals surface area contributed by atoms with Gasteiger partial charge in [0.15, 0.2) is 0 Å². The van der Waals surface area contributed by atoms with E-state index < -0.39 is 0 Å². The highest BCUT2D eigenvalue weighted by Crippen LogP contribution is 2.19. The van der Waals surface area contributed by atoms with Crippen molar-refractivity contribution in [3.8, 4) is 0 Å². The molecular weight excluding hydrogens is 176 g/mol. The number of aliphatic hydroxyl groups excluding tert-OH is 1. The number of hydrogen-bond acceptors (Lipinski definition) is 3. The Morgan fingerprint density at radius 3 is 3.00 bits per heavy atom. The van der Waals surface area contributed by atoms with Crippen LogP contribution in [0.4, 0.5) is 0 Å². The molecule has 0 bridgehead atoms. The van der Waals surface area contributed by atoms with E-state index in [0.717, 1.165) is 25.1 Å². The first-order valence-electron chi connectivity index (χ1n) is 5.07. The summed E-state index contributed by atoms with van der Waals surface area (Å²) in [6.45, 7) is 2.88. The Labute approximate surface area is 84.2 Å². The second kappa shape index (κ2) is 4.07. The summed E-state index contributed by atoms with van der Waals surface area (Å²) >= 11 is 0. The minimum atomic E-state index is -0.0858. The summed E-state index contributed by atoms with van der Waals surface area (Å²) in [5.74, 6) is 0. The van der Waals surface area contributed by atoms with Gasteiger partial charge >= 0.3 is 0 Å². The Morgan fingerprint density at radius 2 is 2.36 bits per heavy atom. The van der Waals surface area contributed by atoms with Crippen LogP contribution in [0.15, 0.2) is 18.3 Å². The maximum Gasteiger partial charge on any atom is 0.0570 e. The summed E-state index contributed by atoms with van der Waals surface area (Å²) in [7, 11) is 0. The molecule has 0 unspecified atom stereocenters. The normalized spacial score (nSPS) is 25.9. The number of pyridine rings is 1. The van der Waals surface area contributed by atoms with E-state index >= 15 is 0 Å². The van der Waals surface area contributed by atoms with Crippen LogP contribution in [0, 0.1) is 6.92 Å². The molecule has 1 aliphatic rings. The third-order valence-corrected chi connectivity index (χ3v) is 2.79. The van der Waals surface area contributed by atoms with Crippen molar-refractivity contribution in [2.45, 2.75) is 38.5 Å². The van der Waals surface area contributed by atoms with Crippen molar-refractivity contribution >= 4 is 0 Å². The zero-order valence-electron chi connectivity index (χ0n) is 8.40. The Bertz CT molecular complexity index is 308. The molecule has 0 aromatic carbocycles. The zero-order valence-corrected chi connectivity index (χ0v) is 8.40. The standard InChI is InChI=1S/C11H16N2O/c1-8-3-2-4-12-11(8)7-13-9-5-10(14)6-9/h2-4,9-10,13-14H,5-7H2,1H3. The third kappa shape index (κ3) is 2.11. The van der Waals surface area contributed by atoms with E-state index in [1.807, 2.05) is 12.3 Å². The van der Waals surface area contributed by atoms with Crippen LogP contribution in [0.2, 0.25) is 0 Å². The summed E-state index contributed by atoms with van der Waals surface area (Å²) in [4.78, 5) is 4.30. The number of hydrogen-bond donors (Lipinski definition) is 2. The molecule has 14 heavy (non-hydrogen) atoms. The van der Waals surface area contributed by atoms with Gasteiger partial charge in [0.2, 0.25) is 0 Å². The fourth-order valence-corrected chi connectivity index (χ4v) is 1.70. The molecule has 2 N–H and O–H groups in total. The maximum atomic E-state index is 9.11. The van der Waals surface area contributed by atoms with Crippen molar-refractivity contribution in [2.75, 3.05) is 0 Å². The van der Waals surface area contributed by atoms with Gasteiger partial charge in [-0.3, -0.25) is 4.98 Å². The summed E-state index contributed by atoms with van der Waals surface area (Å²) in [5, 5.41) is 12.5. The van der Waals surface area contributed by atoms with Crippen LogP contribution >= 0.6 is 0 Å². The van der Waals surface area contributed by atoms with Crippen LogP contribution in [0.1, 0.15) is 24.1 Å². The molecule has 3 heteroatoms. The van der Waals surface area contributed by atoms with Crippen molar-refractivity contribution in [2.24, 2.45) is 0 Å². The Balaban J connectivity index is 1.83. The fourth-order valence-electron chi connectivity index (χ4n) is 1.70. The lowest BCUT2D eigenvalue weighted by Gasteiger charge is -2.32. The molecule has 2 rings (SSSR count). The first kappa shape index (κ1) is 9.62. The monoisotopic (exact) mass is 192 g/mol. The third-order valence-electron chi connectivity index (χ3n) is 2.79. The van der Waals surface area contributed by atoms with Crippen LogP contribution in [0.3, 0.4) is 0 Å². The van der Waals surface area contributed by atoms with Gasteiger partial charge in [0, 0.05) is 18.8 Å². The quantitative estimate of drug-likeness (QED) is 0.751. The highest BCUT2D eigenvalue weighted by atomic mass is 16.3. The summed E-state index contributed by atoms with van der Waals surface area (Å²) < 4.78 is 0. The molecular formula is C11H16N2O. The summed E-state index contributed by atoms with van der Waals surface area (Å²) in [5.41, 5.74) is 2.33. The van der Waals surface area contributed by atoms with E-state index in [0.29, 0.717) is 6.04 Å². The smallest absolute Gasteiger partial charge is 0.0570 e. The van der Waals surface area contributed by atoms with E-state index in [-0.39, 0.29) is 6.10 Å². The molecule has 1 heterocycles. The lowest BCUT2D eigenvalue weighted by atomic mass is 9.89. The SMILES string of the molecule is Cc1cccnc1CNC1CC(O)C1. The van der Waals surface area contributed by atoms with E-state index in [1.165, 1.54) is 5.56 Å². The molecule has 0 atom stereocenters. The summed E-state index contributed by atoms with van der Waals surface area (Å²) in [6.07, 6.45) is 3.49. The second-order valence-corrected chi connectivity index (χ2v) is 3.97. The largest absolute Gasteiger partial charge is 0.393 e. The minimum Gasteiger partial charge on any atom is -0.393 e. The predicted octanol–water partition coefficient (Wildman–Crippen LogP) is 1.00. The maximum absolute atomic E-state index is 9.11. The number of nitrogens with one attached hydrogen (secondary N) is 1. The fraction of sp³-hybridized carbons (Fsp3) is 0.545. The van der Waals surface area contributed by atoms with Crippen LogP contribution in [-0.2, 0) is 6.54 Å². The topological polar surface area (TPSA) is 45.2 Å². The highest BCUT2D eigenvalue weighted by Gasteiger charge is 2.26. The van der Waals surface area contributed by atoms with E-state index in [2.05, 4.69) is 23.3 Å². The number of rotatable bonds is 3. The molecule has 1 fully saturated rings. The van der Waals surface area contributed by atoms with Gasteiger partial charge in [0.1, 0.15) is 0 Å². The lowest BCUT2D eigenvalue weighted by Crippen LogP contribution is -2.43. The van der Waals surface area contributed by atoms with Crippen LogP contribution < -0.4 is 5.32 Å². The minimum absolute atomic E-state index is 0.0858. The number of nitrogens with zero attached hydrogens (tertiary/aromatic N) is 1. The van der Waals surface area contributed by atoms with Gasteiger partial charge < -0.3 is 10.4 Å². The number of aliphatic hydroxyl groups is 1. The molecule has 76 valence electrons. The summed E-state index contributed by atoms with van der Waals surface area (Å²) in [6, 6.07) is 4.50. The van der Waals surface area contributed by atoms with Crippen LogP contribution in [0.5, 0.6) is 0 Å². The first-order valence-corrected chi connectivity index (χ1v) is 5.07. The average molecular weight is 192 g/mol. The van der Waals surface area contributed by atoms with Gasteiger partial charge in [0.25, 0.3) is 0 Å². The van der Waals surface area contributed by atoms with Crippen molar-refractivity contribution in [3.05, 3.63) is 29.6 Å². The molecule has 0 radical (unpaired) electrons. The van der Waals surface area contributed by atoms with Crippen molar-refractivity contribution in [3.63, 3.8) is 0 Å². The Kier molecular flexibility index (Phi) is 2.79. The molecule has 3 nitrogen and oxygen atoms in total. The molecule has 0 saturated heterocycles. The van der Waals surface area contributed by atoms with E-state index in [9.17, 15) is 0 Å². The Morgan fingerprint density at radius 1 is 1.57 bits per heavy atom. The zero-order chi connectivity index (χ0) is 9.97. The average Bonchev–Trinajstić information content (AvgIpc) is 2.13. The number of aryl methyl sites for hydroxylation is 1. The molecule has 1 aliphatic carbocycles. The van der Waals surface area contributed by atoms with E-state index in [1.54, 1.807) is 0 Å². The van der Waals surface area contributed by atoms with Gasteiger partial charge in [-0.15, -0.1) is 0 Å². The van der Waals surface area contributed by atoms with E-state index in [4.69, 9.17) is 5.11 Å². The highest BCUT2D eigenvalue weighted by molar-refractivity contribution is 5.17. The van der Waals surface area contributed by atoms with Gasteiger partial charge in [0.05, 0.1) is 11.8 Å². The molecule has 1 aromatic heterocycles. The number of aromatic nitrogens is 1. The predicted molar refractivity (Wildman–Crippen MR) is 54.8 cm³/mol. The van der Waals surface area contributed by atoms with Crippen molar-refractivity contribution < 1.29 is 5.11 Å². The Hall–Kier alpha value is -0.930. The van der Waals surface area contributed by atoms with Crippen LogP contribution in [0.25, 0.3) is 0 Å². The molecule has 0 aliphatic heterocycles. The van der Waals surface area contributed by atoms with Gasteiger partial charge in [-0.1, -0.05) is 6.07 Å². The van der Waals surface area contributed by atoms with Crippen LogP contribution in [-0.4, -0.2) is 22.2 Å². The van der Waals surface area contributed by atoms with Crippen molar-refractivity contribution in [1.29, 1.82) is 0 Å². The van der Waals surface area contributed by atoms with Gasteiger partial charge in [-0.25, -0.2) is 0 Å². The van der Waals surface area contributed by atoms with Crippen molar-refractivity contribution in [1.82, 2.24) is 10.3 Å². The lowest BCUT2D eigenvalue weighted by molar-refractivity contribution is 0.0618.